The van der Waals surface area contributed by atoms with Crippen molar-refractivity contribution in [3.05, 3.63) is 46.8 Å². The molecule has 0 saturated carbocycles. The molecule has 0 bridgehead atoms. The fourth-order valence-electron chi connectivity index (χ4n) is 2.22. The lowest BCUT2D eigenvalue weighted by Gasteiger charge is -2.11. The second-order valence-corrected chi connectivity index (χ2v) is 5.99. The van der Waals surface area contributed by atoms with Gasteiger partial charge >= 0.3 is 5.97 Å². The van der Waals surface area contributed by atoms with E-state index in [4.69, 9.17) is 4.74 Å². The second-order valence-electron chi connectivity index (χ2n) is 4.96. The minimum absolute atomic E-state index is 0.254. The molecule has 0 aliphatic heterocycles. The molecule has 0 spiro atoms. The maximum absolute atomic E-state index is 12.6. The molecule has 0 fully saturated rings. The highest BCUT2D eigenvalue weighted by Gasteiger charge is 2.21. The van der Waals surface area contributed by atoms with E-state index in [9.17, 15) is 9.59 Å². The number of esters is 1. The third-order valence-corrected chi connectivity index (χ3v) is 4.50. The van der Waals surface area contributed by atoms with E-state index in [0.29, 0.717) is 10.2 Å². The highest BCUT2D eigenvalue weighted by Crippen LogP contribution is 2.30. The number of hydrogen-bond acceptors (Lipinski definition) is 6. The van der Waals surface area contributed by atoms with Crippen molar-refractivity contribution in [3.8, 4) is 10.4 Å². The average Bonchev–Trinajstić information content (AvgIpc) is 3.01. The van der Waals surface area contributed by atoms with E-state index in [1.54, 1.807) is 19.9 Å². The Morgan fingerprint density at radius 1 is 1.35 bits per heavy atom. The van der Waals surface area contributed by atoms with Gasteiger partial charge in [-0.05, 0) is 25.5 Å². The summed E-state index contributed by atoms with van der Waals surface area (Å²) in [7, 11) is 0. The average molecular weight is 329 g/mol. The molecule has 1 aromatic carbocycles. The molecule has 7 heteroatoms. The first-order valence-electron chi connectivity index (χ1n) is 7.23. The minimum atomic E-state index is -0.806. The van der Waals surface area contributed by atoms with Crippen molar-refractivity contribution in [1.29, 1.82) is 0 Å². The van der Waals surface area contributed by atoms with E-state index in [1.807, 2.05) is 30.3 Å². The van der Waals surface area contributed by atoms with E-state index in [2.05, 4.69) is 10.3 Å². The SMILES string of the molecule is CCOC(=O)[C@H](C)n1nnc2sc(-c3ccccc3)cc2c1=O. The molecule has 6 nitrogen and oxygen atoms in total. The molecule has 0 amide bonds. The lowest BCUT2D eigenvalue weighted by molar-refractivity contribution is -0.147. The summed E-state index contributed by atoms with van der Waals surface area (Å²) in [4.78, 5) is 25.9. The van der Waals surface area contributed by atoms with Crippen LogP contribution in [0, 0.1) is 0 Å². The van der Waals surface area contributed by atoms with Crippen LogP contribution < -0.4 is 5.56 Å². The number of nitrogens with zero attached hydrogens (tertiary/aromatic N) is 3. The minimum Gasteiger partial charge on any atom is -0.464 e. The zero-order valence-corrected chi connectivity index (χ0v) is 13.5. The smallest absolute Gasteiger partial charge is 0.330 e. The Morgan fingerprint density at radius 2 is 2.09 bits per heavy atom. The summed E-state index contributed by atoms with van der Waals surface area (Å²) in [6.07, 6.45) is 0. The molecule has 0 radical (unpaired) electrons. The normalized spacial score (nSPS) is 12.3. The molecule has 23 heavy (non-hydrogen) atoms. The van der Waals surface area contributed by atoms with Crippen molar-refractivity contribution in [2.45, 2.75) is 19.9 Å². The summed E-state index contributed by atoms with van der Waals surface area (Å²) in [5.41, 5.74) is 0.675. The first-order valence-corrected chi connectivity index (χ1v) is 8.04. The van der Waals surface area contributed by atoms with Crippen LogP contribution in [0.2, 0.25) is 0 Å². The Bertz CT molecular complexity index is 902. The molecule has 0 aliphatic rings. The third-order valence-electron chi connectivity index (χ3n) is 3.44. The van der Waals surface area contributed by atoms with Crippen molar-refractivity contribution in [3.63, 3.8) is 0 Å². The van der Waals surface area contributed by atoms with Crippen molar-refractivity contribution in [2.75, 3.05) is 6.61 Å². The lowest BCUT2D eigenvalue weighted by Crippen LogP contribution is -2.31. The van der Waals surface area contributed by atoms with Gasteiger partial charge in [-0.25, -0.2) is 4.79 Å². The van der Waals surface area contributed by atoms with Crippen LogP contribution in [0.4, 0.5) is 0 Å². The number of ether oxygens (including phenoxy) is 1. The Balaban J connectivity index is 2.06. The van der Waals surface area contributed by atoms with Gasteiger partial charge in [-0.2, -0.15) is 4.68 Å². The van der Waals surface area contributed by atoms with Crippen molar-refractivity contribution in [2.24, 2.45) is 0 Å². The van der Waals surface area contributed by atoms with Gasteiger partial charge in [-0.1, -0.05) is 35.5 Å². The van der Waals surface area contributed by atoms with E-state index in [1.165, 1.54) is 11.3 Å². The Kier molecular flexibility index (Phi) is 4.20. The van der Waals surface area contributed by atoms with Gasteiger partial charge in [0.1, 0.15) is 0 Å². The molecule has 2 aromatic heterocycles. The molecule has 2 heterocycles. The van der Waals surface area contributed by atoms with Crippen LogP contribution in [-0.4, -0.2) is 27.6 Å². The van der Waals surface area contributed by atoms with Crippen LogP contribution in [0.15, 0.2) is 41.2 Å². The summed E-state index contributed by atoms with van der Waals surface area (Å²) in [5.74, 6) is -0.498. The number of benzene rings is 1. The number of aromatic nitrogens is 3. The zero-order valence-electron chi connectivity index (χ0n) is 12.7. The Morgan fingerprint density at radius 3 is 2.78 bits per heavy atom. The van der Waals surface area contributed by atoms with Gasteiger partial charge in [0.05, 0.1) is 12.0 Å². The summed E-state index contributed by atoms with van der Waals surface area (Å²) in [6.45, 7) is 3.54. The zero-order chi connectivity index (χ0) is 16.4. The number of carbonyl (C=O) groups excluding carboxylic acids is 1. The summed E-state index contributed by atoms with van der Waals surface area (Å²) < 4.78 is 6.01. The molecular formula is C16H15N3O3S. The van der Waals surface area contributed by atoms with Crippen molar-refractivity contribution >= 4 is 27.5 Å². The van der Waals surface area contributed by atoms with Gasteiger partial charge in [0.15, 0.2) is 10.9 Å². The van der Waals surface area contributed by atoms with Gasteiger partial charge in [-0.15, -0.1) is 16.4 Å². The maximum atomic E-state index is 12.6. The Hall–Kier alpha value is -2.54. The van der Waals surface area contributed by atoms with Crippen LogP contribution in [0.25, 0.3) is 20.7 Å². The molecule has 1 atom stereocenters. The van der Waals surface area contributed by atoms with Gasteiger partial charge in [0.25, 0.3) is 5.56 Å². The molecule has 0 N–H and O–H groups in total. The highest BCUT2D eigenvalue weighted by atomic mass is 32.1. The monoisotopic (exact) mass is 329 g/mol. The topological polar surface area (TPSA) is 74.1 Å². The molecular weight excluding hydrogens is 314 g/mol. The predicted octanol–water partition coefficient (Wildman–Crippen LogP) is 2.64. The maximum Gasteiger partial charge on any atom is 0.330 e. The van der Waals surface area contributed by atoms with Crippen LogP contribution in [-0.2, 0) is 9.53 Å². The number of thiophene rings is 1. The lowest BCUT2D eigenvalue weighted by atomic mass is 10.2. The standard InChI is InChI=1S/C16H15N3O3S/c1-3-22-16(21)10(2)19-15(20)12-9-13(23-14(12)17-18-19)11-7-5-4-6-8-11/h4-10H,3H2,1-2H3/t10-/m0/s1. The van der Waals surface area contributed by atoms with Gasteiger partial charge in [0.2, 0.25) is 0 Å². The number of rotatable bonds is 4. The van der Waals surface area contributed by atoms with Gasteiger partial charge in [0, 0.05) is 4.88 Å². The molecule has 3 rings (SSSR count). The van der Waals surface area contributed by atoms with Gasteiger partial charge in [-0.3, -0.25) is 4.79 Å². The molecule has 0 saturated heterocycles. The quantitative estimate of drug-likeness (QED) is 0.688. The number of fused-ring (bicyclic) bond motifs is 1. The predicted molar refractivity (Wildman–Crippen MR) is 88.5 cm³/mol. The molecule has 0 aliphatic carbocycles. The van der Waals surface area contributed by atoms with Crippen LogP contribution in [0.5, 0.6) is 0 Å². The largest absolute Gasteiger partial charge is 0.464 e. The molecule has 3 aromatic rings. The van der Waals surface area contributed by atoms with Crippen LogP contribution in [0.3, 0.4) is 0 Å². The van der Waals surface area contributed by atoms with E-state index in [-0.39, 0.29) is 12.2 Å². The Labute approximate surface area is 136 Å². The third kappa shape index (κ3) is 2.87. The summed E-state index contributed by atoms with van der Waals surface area (Å²) >= 11 is 1.40. The fraction of sp³-hybridized carbons (Fsp3) is 0.250. The first-order chi connectivity index (χ1) is 11.1. The van der Waals surface area contributed by atoms with E-state index in [0.717, 1.165) is 15.1 Å². The summed E-state index contributed by atoms with van der Waals surface area (Å²) in [6, 6.07) is 10.7. The number of hydrogen-bond donors (Lipinski definition) is 0. The highest BCUT2D eigenvalue weighted by molar-refractivity contribution is 7.21. The van der Waals surface area contributed by atoms with Gasteiger partial charge < -0.3 is 4.74 Å². The second kappa shape index (κ2) is 6.29. The molecule has 0 unspecified atom stereocenters. The van der Waals surface area contributed by atoms with E-state index < -0.39 is 12.0 Å². The van der Waals surface area contributed by atoms with Crippen molar-refractivity contribution in [1.82, 2.24) is 15.0 Å². The van der Waals surface area contributed by atoms with Crippen LogP contribution in [0.1, 0.15) is 19.9 Å². The van der Waals surface area contributed by atoms with E-state index >= 15 is 0 Å². The molecule has 118 valence electrons. The first kappa shape index (κ1) is 15.4. The number of carbonyl (C=O) groups is 1. The van der Waals surface area contributed by atoms with Crippen LogP contribution >= 0.6 is 11.3 Å². The fourth-order valence-corrected chi connectivity index (χ4v) is 3.20. The van der Waals surface area contributed by atoms with Crippen molar-refractivity contribution < 1.29 is 9.53 Å². The summed E-state index contributed by atoms with van der Waals surface area (Å²) in [5, 5.41) is 8.41.